The zero-order valence-corrected chi connectivity index (χ0v) is 7.71. The van der Waals surface area contributed by atoms with Crippen molar-refractivity contribution in [1.29, 1.82) is 0 Å². The molecule has 0 unspecified atom stereocenters. The molecule has 15 heavy (non-hydrogen) atoms. The fourth-order valence-electron chi connectivity index (χ4n) is 1.15. The van der Waals surface area contributed by atoms with Crippen molar-refractivity contribution in [2.45, 2.75) is 25.1 Å². The van der Waals surface area contributed by atoms with Crippen LogP contribution in [0.5, 0.6) is 5.75 Å². The minimum atomic E-state index is -4.48. The highest BCUT2D eigenvalue weighted by molar-refractivity contribution is 5.55. The van der Waals surface area contributed by atoms with Gasteiger partial charge in [0, 0.05) is 6.20 Å². The lowest BCUT2D eigenvalue weighted by Crippen LogP contribution is -2.12. The molecule has 1 heterocycles. The average Bonchev–Trinajstić information content (AvgIpc) is 2.90. The van der Waals surface area contributed by atoms with E-state index < -0.39 is 11.7 Å². The molecule has 2 rings (SSSR count). The van der Waals surface area contributed by atoms with Crippen LogP contribution in [0.25, 0.3) is 0 Å². The third-order valence-corrected chi connectivity index (χ3v) is 2.04. The molecule has 3 nitrogen and oxygen atoms in total. The Balaban J connectivity index is 2.38. The highest BCUT2D eigenvalue weighted by atomic mass is 19.4. The zero-order valence-electron chi connectivity index (χ0n) is 7.71. The van der Waals surface area contributed by atoms with Crippen LogP contribution in [0.15, 0.2) is 12.4 Å². The molecule has 1 aliphatic carbocycles. The quantitative estimate of drug-likeness (QED) is 0.827. The van der Waals surface area contributed by atoms with E-state index in [0.29, 0.717) is 0 Å². The maximum atomic E-state index is 12.5. The maximum Gasteiger partial charge on any atom is 0.421 e. The predicted octanol–water partition coefficient (Wildman–Crippen LogP) is 2.22. The molecule has 1 aliphatic rings. The largest absolute Gasteiger partial charge is 0.488 e. The summed E-state index contributed by atoms with van der Waals surface area (Å²) in [7, 11) is 0. The van der Waals surface area contributed by atoms with Crippen LogP contribution in [-0.4, -0.2) is 11.1 Å². The van der Waals surface area contributed by atoms with Crippen LogP contribution in [0, 0.1) is 0 Å². The molecule has 1 aromatic rings. The molecule has 6 heteroatoms. The second-order valence-electron chi connectivity index (χ2n) is 3.42. The van der Waals surface area contributed by atoms with Gasteiger partial charge in [-0.3, -0.25) is 4.98 Å². The number of nitrogens with two attached hydrogens (primary N) is 1. The monoisotopic (exact) mass is 218 g/mol. The summed E-state index contributed by atoms with van der Waals surface area (Å²) >= 11 is 0. The average molecular weight is 218 g/mol. The van der Waals surface area contributed by atoms with Crippen LogP contribution < -0.4 is 10.5 Å². The van der Waals surface area contributed by atoms with Gasteiger partial charge in [0.2, 0.25) is 0 Å². The standard InChI is InChI=1S/C9H9F3N2O/c10-9(11,12)6-3-14-4-7(13)8(6)15-5-1-2-5/h3-5H,1-2,13H2. The number of ether oxygens (including phenoxy) is 1. The number of rotatable bonds is 2. The lowest BCUT2D eigenvalue weighted by Gasteiger charge is -2.14. The summed E-state index contributed by atoms with van der Waals surface area (Å²) in [6.07, 6.45) is -1.16. The van der Waals surface area contributed by atoms with Crippen molar-refractivity contribution in [1.82, 2.24) is 4.98 Å². The summed E-state index contributed by atoms with van der Waals surface area (Å²) < 4.78 is 42.7. The minimum Gasteiger partial charge on any atom is -0.488 e. The molecular weight excluding hydrogens is 209 g/mol. The summed E-state index contributed by atoms with van der Waals surface area (Å²) in [5.41, 5.74) is 4.43. The molecule has 0 atom stereocenters. The van der Waals surface area contributed by atoms with Gasteiger partial charge in [0.25, 0.3) is 0 Å². The van der Waals surface area contributed by atoms with Crippen molar-refractivity contribution in [2.24, 2.45) is 0 Å². The SMILES string of the molecule is Nc1cncc(C(F)(F)F)c1OC1CC1. The Labute approximate surface area is 84.1 Å². The van der Waals surface area contributed by atoms with Gasteiger partial charge < -0.3 is 10.5 Å². The highest BCUT2D eigenvalue weighted by Gasteiger charge is 2.37. The van der Waals surface area contributed by atoms with Crippen LogP contribution in [-0.2, 0) is 6.18 Å². The van der Waals surface area contributed by atoms with E-state index in [2.05, 4.69) is 4.98 Å². The molecule has 0 spiro atoms. The molecule has 1 aromatic heterocycles. The molecule has 0 aliphatic heterocycles. The summed E-state index contributed by atoms with van der Waals surface area (Å²) in [5, 5.41) is 0. The molecule has 0 aromatic carbocycles. The normalized spacial score (nSPS) is 16.5. The lowest BCUT2D eigenvalue weighted by atomic mass is 10.2. The fourth-order valence-corrected chi connectivity index (χ4v) is 1.15. The number of pyridine rings is 1. The molecule has 0 saturated heterocycles. The van der Waals surface area contributed by atoms with Crippen molar-refractivity contribution >= 4 is 5.69 Å². The molecule has 1 saturated carbocycles. The van der Waals surface area contributed by atoms with E-state index in [0.717, 1.165) is 25.2 Å². The Morgan fingerprint density at radius 3 is 2.53 bits per heavy atom. The van der Waals surface area contributed by atoms with Gasteiger partial charge in [0.1, 0.15) is 5.56 Å². The second-order valence-corrected chi connectivity index (χ2v) is 3.42. The number of hydrogen-bond donors (Lipinski definition) is 1. The Bertz CT molecular complexity index is 374. The van der Waals surface area contributed by atoms with Crippen molar-refractivity contribution in [3.05, 3.63) is 18.0 Å². The summed E-state index contributed by atoms with van der Waals surface area (Å²) in [6, 6.07) is 0. The van der Waals surface area contributed by atoms with E-state index in [1.54, 1.807) is 0 Å². The number of aromatic nitrogens is 1. The molecule has 82 valence electrons. The molecule has 0 radical (unpaired) electrons. The Kier molecular flexibility index (Phi) is 2.21. The van der Waals surface area contributed by atoms with Crippen molar-refractivity contribution in [2.75, 3.05) is 5.73 Å². The van der Waals surface area contributed by atoms with Gasteiger partial charge in [-0.15, -0.1) is 0 Å². The van der Waals surface area contributed by atoms with Crippen molar-refractivity contribution < 1.29 is 17.9 Å². The summed E-state index contributed by atoms with van der Waals surface area (Å²) in [4.78, 5) is 3.41. The first-order valence-corrected chi connectivity index (χ1v) is 4.46. The van der Waals surface area contributed by atoms with E-state index in [9.17, 15) is 13.2 Å². The Morgan fingerprint density at radius 1 is 1.33 bits per heavy atom. The fraction of sp³-hybridized carbons (Fsp3) is 0.444. The lowest BCUT2D eigenvalue weighted by molar-refractivity contribution is -0.139. The van der Waals surface area contributed by atoms with Crippen LogP contribution in [0.1, 0.15) is 18.4 Å². The van der Waals surface area contributed by atoms with E-state index in [4.69, 9.17) is 10.5 Å². The number of hydrogen-bond acceptors (Lipinski definition) is 3. The summed E-state index contributed by atoms with van der Waals surface area (Å²) in [6.45, 7) is 0. The van der Waals surface area contributed by atoms with E-state index >= 15 is 0 Å². The van der Waals surface area contributed by atoms with Crippen LogP contribution >= 0.6 is 0 Å². The van der Waals surface area contributed by atoms with E-state index in [-0.39, 0.29) is 17.5 Å². The molecule has 0 amide bonds. The Morgan fingerprint density at radius 2 is 2.00 bits per heavy atom. The Hall–Kier alpha value is -1.46. The topological polar surface area (TPSA) is 48.1 Å². The predicted molar refractivity (Wildman–Crippen MR) is 47.3 cm³/mol. The first-order valence-electron chi connectivity index (χ1n) is 4.46. The molecule has 0 bridgehead atoms. The second kappa shape index (κ2) is 3.29. The van der Waals surface area contributed by atoms with Gasteiger partial charge in [-0.2, -0.15) is 13.2 Å². The van der Waals surface area contributed by atoms with E-state index in [1.807, 2.05) is 0 Å². The van der Waals surface area contributed by atoms with Crippen LogP contribution in [0.2, 0.25) is 0 Å². The highest BCUT2D eigenvalue weighted by Crippen LogP contribution is 2.41. The number of alkyl halides is 3. The van der Waals surface area contributed by atoms with Gasteiger partial charge in [-0.25, -0.2) is 0 Å². The third-order valence-electron chi connectivity index (χ3n) is 2.04. The summed E-state index contributed by atoms with van der Waals surface area (Å²) in [5.74, 6) is -0.292. The van der Waals surface area contributed by atoms with Gasteiger partial charge in [-0.1, -0.05) is 0 Å². The van der Waals surface area contributed by atoms with Crippen LogP contribution in [0.3, 0.4) is 0 Å². The van der Waals surface area contributed by atoms with Gasteiger partial charge in [0.05, 0.1) is 18.0 Å². The van der Waals surface area contributed by atoms with E-state index in [1.165, 1.54) is 0 Å². The first kappa shape index (κ1) is 10.1. The maximum absolute atomic E-state index is 12.5. The van der Waals surface area contributed by atoms with Crippen molar-refractivity contribution in [3.8, 4) is 5.75 Å². The number of anilines is 1. The number of nitrogen functional groups attached to an aromatic ring is 1. The zero-order chi connectivity index (χ0) is 11.1. The number of halogens is 3. The van der Waals surface area contributed by atoms with Crippen molar-refractivity contribution in [3.63, 3.8) is 0 Å². The number of nitrogens with zero attached hydrogens (tertiary/aromatic N) is 1. The molecule has 2 N–H and O–H groups in total. The molecular formula is C9H9F3N2O. The first-order chi connectivity index (χ1) is 6.98. The van der Waals surface area contributed by atoms with Crippen LogP contribution in [0.4, 0.5) is 18.9 Å². The minimum absolute atomic E-state index is 0.0725. The smallest absolute Gasteiger partial charge is 0.421 e. The van der Waals surface area contributed by atoms with Gasteiger partial charge in [-0.05, 0) is 12.8 Å². The van der Waals surface area contributed by atoms with Gasteiger partial charge >= 0.3 is 6.18 Å². The van der Waals surface area contributed by atoms with Gasteiger partial charge in [0.15, 0.2) is 5.75 Å². The third kappa shape index (κ3) is 2.14. The molecule has 1 fully saturated rings.